The van der Waals surface area contributed by atoms with Gasteiger partial charge in [0, 0.05) is 44.4 Å². The summed E-state index contributed by atoms with van der Waals surface area (Å²) in [5.74, 6) is 0.444. The molecule has 0 aromatic heterocycles. The molecule has 8 nitrogen and oxygen atoms in total. The van der Waals surface area contributed by atoms with Gasteiger partial charge in [0.15, 0.2) is 0 Å². The highest BCUT2D eigenvalue weighted by atomic mass is 16.5. The SMILES string of the molecule is CC(=O)NCc1ccc(C(=O)NC2CCCCC2)cc1.COC[C@@H]1Nc2ccccc2C[C@@H]1CCNC=O. The molecule has 3 amide bonds. The molecule has 206 valence electrons. The fraction of sp³-hybridized carbons (Fsp3) is 0.500. The normalized spacial score (nSPS) is 18.6. The molecular formula is C30H42N4O4. The molecule has 4 N–H and O–H groups in total. The molecule has 0 bridgehead atoms. The van der Waals surface area contributed by atoms with Crippen LogP contribution in [0.5, 0.6) is 0 Å². The van der Waals surface area contributed by atoms with E-state index in [1.807, 2.05) is 30.3 Å². The maximum Gasteiger partial charge on any atom is 0.251 e. The number of methoxy groups -OCH3 is 1. The topological polar surface area (TPSA) is 109 Å². The Morgan fingerprint density at radius 1 is 1.05 bits per heavy atom. The number of benzene rings is 2. The minimum Gasteiger partial charge on any atom is -0.383 e. The summed E-state index contributed by atoms with van der Waals surface area (Å²) in [6.07, 6.45) is 8.64. The highest BCUT2D eigenvalue weighted by Crippen LogP contribution is 2.30. The minimum absolute atomic E-state index is 0.00276. The van der Waals surface area contributed by atoms with Crippen LogP contribution in [0, 0.1) is 5.92 Å². The van der Waals surface area contributed by atoms with Crippen LogP contribution < -0.4 is 21.3 Å². The van der Waals surface area contributed by atoms with Crippen LogP contribution in [-0.4, -0.2) is 50.6 Å². The Morgan fingerprint density at radius 2 is 1.79 bits per heavy atom. The Bertz CT molecular complexity index is 1020. The minimum atomic E-state index is -0.0517. The van der Waals surface area contributed by atoms with Gasteiger partial charge in [-0.25, -0.2) is 0 Å². The summed E-state index contributed by atoms with van der Waals surface area (Å²) in [4.78, 5) is 33.2. The molecule has 2 aromatic carbocycles. The van der Waals surface area contributed by atoms with Gasteiger partial charge >= 0.3 is 0 Å². The van der Waals surface area contributed by atoms with Gasteiger partial charge in [-0.15, -0.1) is 0 Å². The fourth-order valence-electron chi connectivity index (χ4n) is 5.09. The molecular weight excluding hydrogens is 480 g/mol. The lowest BCUT2D eigenvalue weighted by Gasteiger charge is -2.34. The van der Waals surface area contributed by atoms with Crippen molar-refractivity contribution in [3.63, 3.8) is 0 Å². The highest BCUT2D eigenvalue weighted by Gasteiger charge is 2.27. The number of nitrogens with one attached hydrogen (secondary N) is 4. The van der Waals surface area contributed by atoms with Crippen LogP contribution in [0.2, 0.25) is 0 Å². The molecule has 0 radical (unpaired) electrons. The molecule has 2 atom stereocenters. The summed E-state index contributed by atoms with van der Waals surface area (Å²) in [7, 11) is 1.73. The van der Waals surface area contributed by atoms with E-state index in [1.165, 1.54) is 37.4 Å². The molecule has 1 saturated carbocycles. The number of rotatable bonds is 10. The van der Waals surface area contributed by atoms with Crippen molar-refractivity contribution in [1.82, 2.24) is 16.0 Å². The lowest BCUT2D eigenvalue weighted by atomic mass is 9.85. The van der Waals surface area contributed by atoms with E-state index in [4.69, 9.17) is 4.74 Å². The summed E-state index contributed by atoms with van der Waals surface area (Å²) >= 11 is 0. The molecule has 1 heterocycles. The third-order valence-corrected chi connectivity index (χ3v) is 7.20. The molecule has 0 spiro atoms. The third-order valence-electron chi connectivity index (χ3n) is 7.20. The molecule has 38 heavy (non-hydrogen) atoms. The number of hydrogen-bond donors (Lipinski definition) is 4. The van der Waals surface area contributed by atoms with Gasteiger partial charge in [0.05, 0.1) is 12.6 Å². The maximum atomic E-state index is 12.1. The number of ether oxygens (including phenoxy) is 1. The number of para-hydroxylation sites is 1. The Balaban J connectivity index is 0.000000212. The van der Waals surface area contributed by atoms with Gasteiger partial charge in [-0.3, -0.25) is 14.4 Å². The van der Waals surface area contributed by atoms with Crippen molar-refractivity contribution < 1.29 is 19.1 Å². The van der Waals surface area contributed by atoms with Crippen LogP contribution in [-0.2, 0) is 27.3 Å². The maximum absolute atomic E-state index is 12.1. The second-order valence-electron chi connectivity index (χ2n) is 10.1. The summed E-state index contributed by atoms with van der Waals surface area (Å²) in [6, 6.07) is 16.4. The highest BCUT2D eigenvalue weighted by molar-refractivity contribution is 5.94. The van der Waals surface area contributed by atoms with Gasteiger partial charge in [-0.2, -0.15) is 0 Å². The van der Waals surface area contributed by atoms with E-state index in [-0.39, 0.29) is 11.8 Å². The van der Waals surface area contributed by atoms with E-state index < -0.39 is 0 Å². The van der Waals surface area contributed by atoms with Gasteiger partial charge in [-0.1, -0.05) is 49.6 Å². The van der Waals surface area contributed by atoms with Crippen molar-refractivity contribution in [2.24, 2.45) is 5.92 Å². The van der Waals surface area contributed by atoms with E-state index in [9.17, 15) is 14.4 Å². The van der Waals surface area contributed by atoms with Crippen LogP contribution in [0.1, 0.15) is 66.9 Å². The van der Waals surface area contributed by atoms with Crippen molar-refractivity contribution in [1.29, 1.82) is 0 Å². The molecule has 0 saturated heterocycles. The third kappa shape index (κ3) is 9.49. The van der Waals surface area contributed by atoms with Crippen molar-refractivity contribution >= 4 is 23.9 Å². The first-order chi connectivity index (χ1) is 18.5. The number of carbonyl (C=O) groups is 3. The van der Waals surface area contributed by atoms with E-state index in [0.29, 0.717) is 36.7 Å². The zero-order valence-electron chi connectivity index (χ0n) is 22.6. The largest absolute Gasteiger partial charge is 0.383 e. The standard InChI is InChI=1S/C16H22N2O2.C14H20N2O2/c1-12(19)17-11-13-7-9-14(10-8-13)16(20)18-15-5-3-2-4-6-15;1-18-9-14-12(6-7-15-10-17)8-11-4-2-3-5-13(11)16-14/h7-10,15H,2-6,11H2,1H3,(H,17,19)(H,18,20);2-5,10,12,14,16H,6-9H2,1H3,(H,15,17)/t;12-,14-/m.0/s1. The average Bonchev–Trinajstić information content (AvgIpc) is 2.93. The molecule has 1 fully saturated rings. The number of hydrogen-bond acceptors (Lipinski definition) is 5. The Kier molecular flexibility index (Phi) is 12.1. The molecule has 0 unspecified atom stereocenters. The molecule has 2 aliphatic rings. The van der Waals surface area contributed by atoms with Gasteiger partial charge in [0.25, 0.3) is 5.91 Å². The smallest absolute Gasteiger partial charge is 0.251 e. The van der Waals surface area contributed by atoms with Gasteiger partial charge in [0.2, 0.25) is 12.3 Å². The zero-order chi connectivity index (χ0) is 27.2. The zero-order valence-corrected chi connectivity index (χ0v) is 22.6. The van der Waals surface area contributed by atoms with Gasteiger partial charge in [0.1, 0.15) is 0 Å². The lowest BCUT2D eigenvalue weighted by Crippen LogP contribution is -2.39. The lowest BCUT2D eigenvalue weighted by molar-refractivity contribution is -0.119. The molecule has 8 heteroatoms. The number of carbonyl (C=O) groups excluding carboxylic acids is 3. The average molecular weight is 523 g/mol. The van der Waals surface area contributed by atoms with Crippen LogP contribution in [0.3, 0.4) is 0 Å². The first-order valence-corrected chi connectivity index (χ1v) is 13.6. The van der Waals surface area contributed by atoms with Crippen molar-refractivity contribution in [2.45, 2.75) is 70.5 Å². The number of anilines is 1. The van der Waals surface area contributed by atoms with Crippen molar-refractivity contribution in [2.75, 3.05) is 25.6 Å². The first-order valence-electron chi connectivity index (χ1n) is 13.6. The predicted octanol–water partition coefficient (Wildman–Crippen LogP) is 3.81. The van der Waals surface area contributed by atoms with E-state index in [2.05, 4.69) is 39.5 Å². The predicted molar refractivity (Wildman–Crippen MR) is 150 cm³/mol. The van der Waals surface area contributed by atoms with E-state index in [1.54, 1.807) is 7.11 Å². The fourth-order valence-corrected chi connectivity index (χ4v) is 5.09. The molecule has 4 rings (SSSR count). The second kappa shape index (κ2) is 15.8. The first kappa shape index (κ1) is 29.2. The summed E-state index contributed by atoms with van der Waals surface area (Å²) in [5.41, 5.74) is 4.23. The van der Waals surface area contributed by atoms with Crippen LogP contribution in [0.4, 0.5) is 5.69 Å². The molecule has 1 aliphatic carbocycles. The quantitative estimate of drug-likeness (QED) is 0.280. The number of amides is 3. The van der Waals surface area contributed by atoms with E-state index in [0.717, 1.165) is 44.2 Å². The molecule has 1 aliphatic heterocycles. The second-order valence-corrected chi connectivity index (χ2v) is 10.1. The van der Waals surface area contributed by atoms with Crippen molar-refractivity contribution in [3.05, 3.63) is 65.2 Å². The van der Waals surface area contributed by atoms with Gasteiger partial charge < -0.3 is 26.0 Å². The summed E-state index contributed by atoms with van der Waals surface area (Å²) in [5, 5.41) is 12.1. The molecule has 2 aromatic rings. The van der Waals surface area contributed by atoms with Crippen molar-refractivity contribution in [3.8, 4) is 0 Å². The van der Waals surface area contributed by atoms with Crippen LogP contribution >= 0.6 is 0 Å². The Hall–Kier alpha value is -3.39. The van der Waals surface area contributed by atoms with Crippen LogP contribution in [0.15, 0.2) is 48.5 Å². The van der Waals surface area contributed by atoms with Crippen LogP contribution in [0.25, 0.3) is 0 Å². The van der Waals surface area contributed by atoms with E-state index >= 15 is 0 Å². The summed E-state index contributed by atoms with van der Waals surface area (Å²) in [6.45, 7) is 3.41. The number of fused-ring (bicyclic) bond motifs is 1. The summed E-state index contributed by atoms with van der Waals surface area (Å²) < 4.78 is 5.28. The Labute approximate surface area is 226 Å². The monoisotopic (exact) mass is 522 g/mol. The Morgan fingerprint density at radius 3 is 2.47 bits per heavy atom. The van der Waals surface area contributed by atoms with Gasteiger partial charge in [-0.05, 0) is 60.9 Å².